The van der Waals surface area contributed by atoms with Gasteiger partial charge in [-0.1, -0.05) is 0 Å². The summed E-state index contributed by atoms with van der Waals surface area (Å²) in [5.41, 5.74) is 0. The average Bonchev–Trinajstić information content (AvgIpc) is 2.54. The van der Waals surface area contributed by atoms with E-state index in [1.807, 2.05) is 0 Å². The maximum Gasteiger partial charge on any atom is 0.234 e. The summed E-state index contributed by atoms with van der Waals surface area (Å²) in [6, 6.07) is 0.181. The van der Waals surface area contributed by atoms with Gasteiger partial charge in [0.15, 0.2) is 0 Å². The Morgan fingerprint density at radius 3 is 2.92 bits per heavy atom. The van der Waals surface area contributed by atoms with Crippen molar-refractivity contribution in [3.05, 3.63) is 11.8 Å². The van der Waals surface area contributed by atoms with Crippen molar-refractivity contribution in [1.82, 2.24) is 20.8 Å². The molecule has 2 N–H and O–H groups in total. The van der Waals surface area contributed by atoms with Crippen molar-refractivity contribution in [2.45, 2.75) is 13.0 Å². The molecule has 12 heavy (non-hydrogen) atoms. The number of hydrogen-bond donors (Lipinski definition) is 2. The maximum absolute atomic E-state index is 5.30. The third-order valence-electron chi connectivity index (χ3n) is 1.88. The normalized spacial score (nSPS) is 24.2. The molecule has 5 nitrogen and oxygen atoms in total. The quantitative estimate of drug-likeness (QED) is 0.598. The van der Waals surface area contributed by atoms with Crippen molar-refractivity contribution in [2.75, 3.05) is 19.6 Å². The molecule has 0 unspecified atom stereocenters. The first-order chi connectivity index (χ1) is 5.86. The highest BCUT2D eigenvalue weighted by Crippen LogP contribution is 2.10. The second-order valence-corrected chi connectivity index (χ2v) is 2.87. The number of piperazine rings is 1. The van der Waals surface area contributed by atoms with Gasteiger partial charge in [0, 0.05) is 26.6 Å². The monoisotopic (exact) mass is 168 g/mol. The second kappa shape index (κ2) is 3.20. The lowest BCUT2D eigenvalue weighted by Gasteiger charge is -2.20. The van der Waals surface area contributed by atoms with Crippen LogP contribution >= 0.6 is 0 Å². The first-order valence-electron chi connectivity index (χ1n) is 4.10. The minimum absolute atomic E-state index is 0.181. The van der Waals surface area contributed by atoms with Crippen LogP contribution in [0.1, 0.15) is 17.8 Å². The number of hydrogen-bond acceptors (Lipinski definition) is 5. The first kappa shape index (κ1) is 7.70. The zero-order chi connectivity index (χ0) is 8.39. The van der Waals surface area contributed by atoms with Gasteiger partial charge < -0.3 is 15.1 Å². The van der Waals surface area contributed by atoms with E-state index >= 15 is 0 Å². The Kier molecular flexibility index (Phi) is 2.05. The summed E-state index contributed by atoms with van der Waals surface area (Å²) >= 11 is 0. The highest BCUT2D eigenvalue weighted by Gasteiger charge is 2.19. The van der Waals surface area contributed by atoms with E-state index in [1.165, 1.54) is 0 Å². The molecular weight excluding hydrogens is 156 g/mol. The van der Waals surface area contributed by atoms with Crippen molar-refractivity contribution >= 4 is 0 Å². The molecule has 1 saturated heterocycles. The minimum atomic E-state index is 0.181. The Hall–Kier alpha value is -0.940. The molecule has 1 atom stereocenters. The topological polar surface area (TPSA) is 63.0 Å². The van der Waals surface area contributed by atoms with E-state index in [1.54, 1.807) is 6.92 Å². The van der Waals surface area contributed by atoms with E-state index in [2.05, 4.69) is 20.8 Å². The second-order valence-electron chi connectivity index (χ2n) is 2.87. The standard InChI is InChI=1S/C7H12N4O/c1-5-10-11-7(12-5)6-4-8-2-3-9-6/h6,8-9H,2-4H2,1H3/t6-/m1/s1. The molecule has 0 aromatic carbocycles. The molecule has 1 aliphatic heterocycles. The molecule has 0 saturated carbocycles. The van der Waals surface area contributed by atoms with E-state index in [-0.39, 0.29) is 6.04 Å². The molecule has 1 aromatic rings. The highest BCUT2D eigenvalue weighted by atomic mass is 16.4. The molecule has 0 bridgehead atoms. The highest BCUT2D eigenvalue weighted by molar-refractivity contribution is 4.92. The summed E-state index contributed by atoms with van der Waals surface area (Å²) in [7, 11) is 0. The predicted molar refractivity (Wildman–Crippen MR) is 42.6 cm³/mol. The summed E-state index contributed by atoms with van der Waals surface area (Å²) in [4.78, 5) is 0. The van der Waals surface area contributed by atoms with Gasteiger partial charge in [0.25, 0.3) is 0 Å². The van der Waals surface area contributed by atoms with E-state index in [0.29, 0.717) is 11.8 Å². The van der Waals surface area contributed by atoms with Crippen LogP contribution in [0.15, 0.2) is 4.42 Å². The molecule has 2 rings (SSSR count). The zero-order valence-electron chi connectivity index (χ0n) is 7.00. The van der Waals surface area contributed by atoms with Gasteiger partial charge in [0.05, 0.1) is 6.04 Å². The molecule has 0 amide bonds. The van der Waals surface area contributed by atoms with Crippen molar-refractivity contribution in [3.63, 3.8) is 0 Å². The molecule has 1 aromatic heterocycles. The number of aromatic nitrogens is 2. The van der Waals surface area contributed by atoms with Crippen molar-refractivity contribution in [1.29, 1.82) is 0 Å². The van der Waals surface area contributed by atoms with E-state index in [4.69, 9.17) is 4.42 Å². The van der Waals surface area contributed by atoms with Crippen LogP contribution in [0.25, 0.3) is 0 Å². The molecule has 0 aliphatic carbocycles. The Labute approximate surface area is 70.6 Å². The largest absolute Gasteiger partial charge is 0.424 e. The van der Waals surface area contributed by atoms with Crippen molar-refractivity contribution in [3.8, 4) is 0 Å². The molecule has 5 heteroatoms. The number of nitrogens with zero attached hydrogens (tertiary/aromatic N) is 2. The van der Waals surface area contributed by atoms with Crippen LogP contribution in [0.2, 0.25) is 0 Å². The van der Waals surface area contributed by atoms with Gasteiger partial charge >= 0.3 is 0 Å². The fourth-order valence-corrected chi connectivity index (χ4v) is 1.28. The minimum Gasteiger partial charge on any atom is -0.424 e. The first-order valence-corrected chi connectivity index (χ1v) is 4.10. The van der Waals surface area contributed by atoms with Crippen LogP contribution in [0, 0.1) is 6.92 Å². The Morgan fingerprint density at radius 1 is 1.42 bits per heavy atom. The van der Waals surface area contributed by atoms with Crippen molar-refractivity contribution < 1.29 is 4.42 Å². The van der Waals surface area contributed by atoms with Gasteiger partial charge in [-0.15, -0.1) is 10.2 Å². The predicted octanol–water partition coefficient (Wildman–Crippen LogP) is -0.388. The third-order valence-corrected chi connectivity index (χ3v) is 1.88. The number of rotatable bonds is 1. The summed E-state index contributed by atoms with van der Waals surface area (Å²) in [5, 5.41) is 14.3. The zero-order valence-corrected chi connectivity index (χ0v) is 7.00. The molecule has 0 radical (unpaired) electrons. The number of aryl methyl sites for hydroxylation is 1. The SMILES string of the molecule is Cc1nnc([C@H]2CNCCN2)o1. The van der Waals surface area contributed by atoms with E-state index in [0.717, 1.165) is 19.6 Å². The van der Waals surface area contributed by atoms with Gasteiger partial charge in [0.1, 0.15) is 0 Å². The summed E-state index contributed by atoms with van der Waals surface area (Å²) in [6.07, 6.45) is 0. The van der Waals surface area contributed by atoms with Gasteiger partial charge in [-0.25, -0.2) is 0 Å². The van der Waals surface area contributed by atoms with Crippen LogP contribution in [0.3, 0.4) is 0 Å². The summed E-state index contributed by atoms with van der Waals surface area (Å²) < 4.78 is 5.30. The van der Waals surface area contributed by atoms with Crippen molar-refractivity contribution in [2.24, 2.45) is 0 Å². The third kappa shape index (κ3) is 1.46. The smallest absolute Gasteiger partial charge is 0.234 e. The van der Waals surface area contributed by atoms with E-state index in [9.17, 15) is 0 Å². The summed E-state index contributed by atoms with van der Waals surface area (Å²) in [6.45, 7) is 4.62. The van der Waals surface area contributed by atoms with Gasteiger partial charge in [0.2, 0.25) is 11.8 Å². The van der Waals surface area contributed by atoms with Gasteiger partial charge in [-0.2, -0.15) is 0 Å². The maximum atomic E-state index is 5.30. The van der Waals surface area contributed by atoms with Crippen LogP contribution < -0.4 is 10.6 Å². The lowest BCUT2D eigenvalue weighted by atomic mass is 10.2. The van der Waals surface area contributed by atoms with Gasteiger partial charge in [-0.05, 0) is 0 Å². The fourth-order valence-electron chi connectivity index (χ4n) is 1.28. The van der Waals surface area contributed by atoms with Crippen LogP contribution in [0.4, 0.5) is 0 Å². The molecule has 2 heterocycles. The molecule has 1 fully saturated rings. The molecule has 1 aliphatic rings. The lowest BCUT2D eigenvalue weighted by Crippen LogP contribution is -2.42. The Bertz CT molecular complexity index is 254. The van der Waals surface area contributed by atoms with Crippen LogP contribution in [0.5, 0.6) is 0 Å². The fraction of sp³-hybridized carbons (Fsp3) is 0.714. The van der Waals surface area contributed by atoms with Crippen LogP contribution in [-0.2, 0) is 0 Å². The summed E-state index contributed by atoms with van der Waals surface area (Å²) in [5.74, 6) is 1.30. The number of nitrogens with one attached hydrogen (secondary N) is 2. The van der Waals surface area contributed by atoms with Gasteiger partial charge in [-0.3, -0.25) is 0 Å². The van der Waals surface area contributed by atoms with E-state index < -0.39 is 0 Å². The lowest BCUT2D eigenvalue weighted by molar-refractivity contribution is 0.346. The molecular formula is C7H12N4O. The van der Waals surface area contributed by atoms with Crippen LogP contribution in [-0.4, -0.2) is 29.8 Å². The molecule has 0 spiro atoms. The molecule has 66 valence electrons. The average molecular weight is 168 g/mol. The Morgan fingerprint density at radius 2 is 2.33 bits per heavy atom. The Balaban J connectivity index is 2.08.